The van der Waals surface area contributed by atoms with E-state index in [1.165, 1.54) is 0 Å². The summed E-state index contributed by atoms with van der Waals surface area (Å²) < 4.78 is 0. The molecule has 11 amide bonds. The topological polar surface area (TPSA) is 631 Å². The predicted octanol–water partition coefficient (Wildman–Crippen LogP) is -10.4. The lowest BCUT2D eigenvalue weighted by Crippen LogP contribution is -2.60. The summed E-state index contributed by atoms with van der Waals surface area (Å²) in [6.07, 6.45) is -5.06. The lowest BCUT2D eigenvalue weighted by atomic mass is 10.1. The summed E-state index contributed by atoms with van der Waals surface area (Å²) in [5.74, 6) is -19.2. The van der Waals surface area contributed by atoms with Crippen molar-refractivity contribution < 1.29 is 103 Å². The molecular weight excluding hydrogens is 1110 g/mol. The van der Waals surface area contributed by atoms with Crippen molar-refractivity contribution in [2.75, 3.05) is 32.8 Å². The van der Waals surface area contributed by atoms with Gasteiger partial charge in [0.1, 0.15) is 48.3 Å². The number of unbranched alkanes of at least 4 members (excludes halogenated alkanes) is 1. The molecule has 0 bridgehead atoms. The molecule has 0 saturated carbocycles. The highest BCUT2D eigenvalue weighted by molar-refractivity contribution is 6.00. The van der Waals surface area contributed by atoms with Gasteiger partial charge in [-0.05, 0) is 65.3 Å². The average Bonchev–Trinajstić information content (AvgIpc) is 4.02. The van der Waals surface area contributed by atoms with Crippen LogP contribution in [0.15, 0.2) is 4.99 Å². The number of hydrogen-bond donors (Lipinski definition) is 20. The van der Waals surface area contributed by atoms with Gasteiger partial charge in [-0.15, -0.1) is 0 Å². The van der Waals surface area contributed by atoms with Gasteiger partial charge < -0.3 is 112 Å². The Bertz CT molecular complexity index is 2390. The average molecular weight is 1190 g/mol. The molecule has 1 heterocycles. The number of carbonyl (C=O) groups excluding carboxylic acids is 11. The number of aliphatic carboxylic acids is 4. The third kappa shape index (κ3) is 27.0. The van der Waals surface area contributed by atoms with Crippen molar-refractivity contribution in [1.82, 2.24) is 52.8 Å². The Morgan fingerprint density at radius 3 is 1.66 bits per heavy atom. The fourth-order valence-electron chi connectivity index (χ4n) is 7.76. The molecule has 1 rings (SSSR count). The van der Waals surface area contributed by atoms with E-state index in [4.69, 9.17) is 28.7 Å². The number of hydrogen-bond acceptors (Lipinski definition) is 20. The minimum atomic E-state index is -1.99. The van der Waals surface area contributed by atoms with Crippen molar-refractivity contribution >= 4 is 94.8 Å². The van der Waals surface area contributed by atoms with Crippen LogP contribution in [-0.2, 0) is 71.9 Å². The molecule has 37 heteroatoms. The molecule has 466 valence electrons. The normalized spacial score (nSPS) is 16.3. The number of nitrogens with one attached hydrogen (secondary N) is 9. The first-order chi connectivity index (χ1) is 38.8. The number of rotatable bonds is 39. The van der Waals surface area contributed by atoms with Gasteiger partial charge in [0.25, 0.3) is 0 Å². The molecular formula is C46H76N16O21. The maximum absolute atomic E-state index is 14.0. The Morgan fingerprint density at radius 2 is 1.13 bits per heavy atom. The standard InChI is InChI=1S/C46H76N16O21/c1-20(36(73)60-28(19-63)42(79)58-27(17-34(71)72)41(78)61-35(21(2)64)45(82)83)54-39(76)23(8-5-13-52-46(50)51)55-31(66)18-53-38(75)25(15-30(49)65)59-43(80)29-9-6-14-62(29)44(81)24(10-11-32(67)68)56-40(77)26(16-33(69)70)57-37(74)22(48)7-3-4-12-47/h20-29,35,63-64H,3-19,47-48H2,1-2H3,(H2,49,65)(H,53,75)(H,54,76)(H,55,66)(H,56,77)(H,57,74)(H,58,79)(H,59,80)(H,60,73)(H,61,78)(H,67,68)(H,69,70)(H,71,72)(H,82,83)(H4,50,51,52)/t20-,21+,22-,23-,24-,25-,26-,27-,28-,29-,35-/m0/s1. The number of carboxylic acids is 4. The predicted molar refractivity (Wildman–Crippen MR) is 281 cm³/mol. The molecule has 11 atom stereocenters. The van der Waals surface area contributed by atoms with Crippen LogP contribution in [0.25, 0.3) is 0 Å². The molecule has 1 saturated heterocycles. The van der Waals surface area contributed by atoms with Crippen LogP contribution >= 0.6 is 0 Å². The highest BCUT2D eigenvalue weighted by Crippen LogP contribution is 2.21. The number of aliphatic hydroxyl groups is 2. The van der Waals surface area contributed by atoms with Crippen LogP contribution in [0.2, 0.25) is 0 Å². The fourth-order valence-corrected chi connectivity index (χ4v) is 7.76. The van der Waals surface area contributed by atoms with E-state index in [1.807, 2.05) is 10.6 Å². The molecule has 0 aliphatic carbocycles. The maximum Gasteiger partial charge on any atom is 0.328 e. The lowest BCUT2D eigenvalue weighted by molar-refractivity contribution is -0.146. The Morgan fingerprint density at radius 1 is 0.590 bits per heavy atom. The zero-order valence-corrected chi connectivity index (χ0v) is 45.5. The van der Waals surface area contributed by atoms with Gasteiger partial charge in [-0.3, -0.25) is 72.1 Å². The van der Waals surface area contributed by atoms with Crippen LogP contribution in [-0.4, -0.2) is 230 Å². The summed E-state index contributed by atoms with van der Waals surface area (Å²) in [5.41, 5.74) is 27.5. The number of aliphatic hydroxyl groups excluding tert-OH is 2. The number of amides is 11. The van der Waals surface area contributed by atoms with Crippen molar-refractivity contribution in [2.45, 2.75) is 157 Å². The van der Waals surface area contributed by atoms with Gasteiger partial charge in [-0.25, -0.2) is 4.79 Å². The summed E-state index contributed by atoms with van der Waals surface area (Å²) in [7, 11) is 0. The molecule has 0 unspecified atom stereocenters. The van der Waals surface area contributed by atoms with Gasteiger partial charge >= 0.3 is 23.9 Å². The zero-order valence-electron chi connectivity index (χ0n) is 45.5. The molecule has 0 aromatic rings. The van der Waals surface area contributed by atoms with E-state index in [1.54, 1.807) is 0 Å². The van der Waals surface area contributed by atoms with Crippen LogP contribution in [0.1, 0.15) is 90.9 Å². The molecule has 0 spiro atoms. The Balaban J connectivity index is 3.24. The first kappa shape index (κ1) is 72.2. The molecule has 83 heavy (non-hydrogen) atoms. The maximum atomic E-state index is 14.0. The number of nitrogens with two attached hydrogens (primary N) is 5. The number of carbonyl (C=O) groups is 15. The Kier molecular flexibility index (Phi) is 31.7. The van der Waals surface area contributed by atoms with Crippen LogP contribution in [0.4, 0.5) is 0 Å². The highest BCUT2D eigenvalue weighted by Gasteiger charge is 2.41. The minimum Gasteiger partial charge on any atom is -0.481 e. The number of carboxylic acid groups (broad SMARTS) is 4. The van der Waals surface area contributed by atoms with Crippen LogP contribution in [0.5, 0.6) is 0 Å². The molecule has 37 nitrogen and oxygen atoms in total. The van der Waals surface area contributed by atoms with Gasteiger partial charge in [-0.2, -0.15) is 0 Å². The summed E-state index contributed by atoms with van der Waals surface area (Å²) in [6, 6.07) is -16.9. The first-order valence-corrected chi connectivity index (χ1v) is 25.8. The quantitative estimate of drug-likeness (QED) is 0.0154. The largest absolute Gasteiger partial charge is 0.481 e. The first-order valence-electron chi connectivity index (χ1n) is 25.8. The zero-order chi connectivity index (χ0) is 63.3. The van der Waals surface area contributed by atoms with E-state index in [0.717, 1.165) is 18.7 Å². The second-order valence-corrected chi connectivity index (χ2v) is 18.9. The van der Waals surface area contributed by atoms with Crippen molar-refractivity contribution in [3.05, 3.63) is 0 Å². The Hall–Kier alpha value is -8.84. The molecule has 0 aromatic heterocycles. The van der Waals surface area contributed by atoms with Crippen molar-refractivity contribution in [3.8, 4) is 0 Å². The smallest absolute Gasteiger partial charge is 0.328 e. The number of guanidine groups is 1. The summed E-state index contributed by atoms with van der Waals surface area (Å²) in [6.45, 7) is 0.0307. The second-order valence-electron chi connectivity index (χ2n) is 18.9. The molecule has 25 N–H and O–H groups in total. The van der Waals surface area contributed by atoms with Crippen molar-refractivity contribution in [1.29, 1.82) is 0 Å². The fraction of sp³-hybridized carbons (Fsp3) is 0.652. The van der Waals surface area contributed by atoms with E-state index in [2.05, 4.69) is 42.2 Å². The number of nitrogens with zero attached hydrogens (tertiary/aromatic N) is 2. The number of likely N-dealkylation sites (tertiary alicyclic amines) is 1. The summed E-state index contributed by atoms with van der Waals surface area (Å²) in [4.78, 5) is 196. The molecule has 1 aliphatic heterocycles. The summed E-state index contributed by atoms with van der Waals surface area (Å²) >= 11 is 0. The molecule has 0 radical (unpaired) electrons. The third-order valence-corrected chi connectivity index (χ3v) is 12.1. The van der Waals surface area contributed by atoms with Crippen molar-refractivity contribution in [3.63, 3.8) is 0 Å². The number of aliphatic imine (C=N–C) groups is 1. The summed E-state index contributed by atoms with van der Waals surface area (Å²) in [5, 5.41) is 76.5. The van der Waals surface area contributed by atoms with E-state index in [-0.39, 0.29) is 51.2 Å². The third-order valence-electron chi connectivity index (χ3n) is 12.1. The van der Waals surface area contributed by atoms with Crippen LogP contribution in [0, 0.1) is 0 Å². The van der Waals surface area contributed by atoms with Gasteiger partial charge in [0.2, 0.25) is 65.0 Å². The molecule has 1 fully saturated rings. The lowest BCUT2D eigenvalue weighted by Gasteiger charge is -2.30. The number of primary amides is 1. The molecule has 1 aliphatic rings. The highest BCUT2D eigenvalue weighted by atomic mass is 16.4. The SMILES string of the molecule is C[C@H](NC(=O)[C@H](CCCN=C(N)N)NC(=O)CNC(=O)[C@H](CC(N)=O)NC(=O)[C@@H]1CCCN1C(=O)[C@H](CCC(=O)O)NC(=O)[C@H](CC(=O)O)NC(=O)[C@@H](N)CCCCN)C(=O)N[C@@H](CO)C(=O)N[C@@H](CC(=O)O)C(=O)N[C@H](C(=O)O)[C@@H](C)O. The monoisotopic (exact) mass is 1190 g/mol. The van der Waals surface area contributed by atoms with E-state index < -0.39 is 201 Å². The van der Waals surface area contributed by atoms with Gasteiger partial charge in [0.15, 0.2) is 12.0 Å². The minimum absolute atomic E-state index is 0.000457. The van der Waals surface area contributed by atoms with E-state index in [9.17, 15) is 103 Å². The Labute approximate surface area is 473 Å². The second kappa shape index (κ2) is 36.5. The van der Waals surface area contributed by atoms with Crippen LogP contribution < -0.4 is 76.5 Å². The van der Waals surface area contributed by atoms with Gasteiger partial charge in [0.05, 0.1) is 44.6 Å². The molecule has 0 aromatic carbocycles. The van der Waals surface area contributed by atoms with Crippen molar-refractivity contribution in [2.24, 2.45) is 33.7 Å². The van der Waals surface area contributed by atoms with Crippen LogP contribution in [0.3, 0.4) is 0 Å². The van der Waals surface area contributed by atoms with E-state index >= 15 is 0 Å². The van der Waals surface area contributed by atoms with E-state index in [0.29, 0.717) is 19.4 Å². The van der Waals surface area contributed by atoms with Gasteiger partial charge in [0, 0.05) is 19.5 Å². The van der Waals surface area contributed by atoms with Gasteiger partial charge in [-0.1, -0.05) is 6.42 Å².